The molecule has 32 heavy (non-hydrogen) atoms. The summed E-state index contributed by atoms with van der Waals surface area (Å²) >= 11 is 0. The third-order valence-corrected chi connectivity index (χ3v) is 7.09. The molecule has 2 atom stereocenters. The summed E-state index contributed by atoms with van der Waals surface area (Å²) < 4.78 is 5.97. The van der Waals surface area contributed by atoms with Gasteiger partial charge in [-0.25, -0.2) is 0 Å². The maximum absolute atomic E-state index is 5.97. The Kier molecular flexibility index (Phi) is 25.5. The summed E-state index contributed by atoms with van der Waals surface area (Å²) in [5.41, 5.74) is 0. The number of hydrogen-bond donors (Lipinski definition) is 0. The Hall–Kier alpha value is -0.0800. The second-order valence-electron chi connectivity index (χ2n) is 10.7. The average molecular weight is 454 g/mol. The van der Waals surface area contributed by atoms with Gasteiger partial charge in [-0.05, 0) is 64.0 Å². The number of ether oxygens (including phenoxy) is 1. The molecule has 194 valence electrons. The highest BCUT2D eigenvalue weighted by molar-refractivity contribution is 4.62. The predicted molar refractivity (Wildman–Crippen MR) is 146 cm³/mol. The van der Waals surface area contributed by atoms with Crippen LogP contribution in [0.1, 0.15) is 150 Å². The van der Waals surface area contributed by atoms with Crippen molar-refractivity contribution in [1.29, 1.82) is 0 Å². The lowest BCUT2D eigenvalue weighted by atomic mass is 9.91. The van der Waals surface area contributed by atoms with Gasteiger partial charge in [-0.3, -0.25) is 0 Å². The van der Waals surface area contributed by atoms with E-state index in [-0.39, 0.29) is 0 Å². The summed E-state index contributed by atoms with van der Waals surface area (Å²) in [6, 6.07) is 0. The van der Waals surface area contributed by atoms with Crippen LogP contribution in [0.3, 0.4) is 0 Å². The van der Waals surface area contributed by atoms with Gasteiger partial charge in [0.2, 0.25) is 0 Å². The quantitative estimate of drug-likeness (QED) is 0.121. The van der Waals surface area contributed by atoms with E-state index in [1.54, 1.807) is 0 Å². The lowest BCUT2D eigenvalue weighted by molar-refractivity contribution is 0.121. The molecule has 0 aromatic carbocycles. The minimum absolute atomic E-state index is 0.845. The van der Waals surface area contributed by atoms with Gasteiger partial charge in [0.1, 0.15) is 0 Å². The van der Waals surface area contributed by atoms with Crippen LogP contribution in [0.25, 0.3) is 0 Å². The molecule has 2 heteroatoms. The molecule has 0 rings (SSSR count). The lowest BCUT2D eigenvalue weighted by Crippen LogP contribution is -2.25. The van der Waals surface area contributed by atoms with Crippen molar-refractivity contribution in [2.24, 2.45) is 11.8 Å². The van der Waals surface area contributed by atoms with E-state index >= 15 is 0 Å². The van der Waals surface area contributed by atoms with Gasteiger partial charge < -0.3 is 9.64 Å². The van der Waals surface area contributed by atoms with Crippen molar-refractivity contribution in [3.8, 4) is 0 Å². The van der Waals surface area contributed by atoms with Gasteiger partial charge in [-0.15, -0.1) is 0 Å². The van der Waals surface area contributed by atoms with E-state index in [0.29, 0.717) is 0 Å². The number of unbranched alkanes of at least 4 members (excludes halogenated alkanes) is 10. The van der Waals surface area contributed by atoms with Crippen molar-refractivity contribution in [3.63, 3.8) is 0 Å². The standard InChI is InChI=1S/C30H63NO/c1-6-9-12-16-21-29(4)28-31(5)25-18-14-19-26-32-27-20-24-30(22-15-11-8-3)23-17-13-10-7-2/h29-30H,6-28H2,1-5H3. The maximum Gasteiger partial charge on any atom is 0.0466 e. The highest BCUT2D eigenvalue weighted by Gasteiger charge is 2.09. The Bertz CT molecular complexity index is 346. The fourth-order valence-electron chi connectivity index (χ4n) is 4.95. The van der Waals surface area contributed by atoms with Crippen LogP contribution >= 0.6 is 0 Å². The van der Waals surface area contributed by atoms with Gasteiger partial charge >= 0.3 is 0 Å². The van der Waals surface area contributed by atoms with Crippen LogP contribution < -0.4 is 0 Å². The molecular formula is C30H63NO. The van der Waals surface area contributed by atoms with Gasteiger partial charge in [0.15, 0.2) is 0 Å². The Morgan fingerprint density at radius 1 is 0.562 bits per heavy atom. The number of nitrogens with zero attached hydrogens (tertiary/aromatic N) is 1. The molecular weight excluding hydrogens is 390 g/mol. The van der Waals surface area contributed by atoms with Gasteiger partial charge in [0, 0.05) is 19.8 Å². The molecule has 0 aromatic rings. The Morgan fingerprint density at radius 2 is 1.06 bits per heavy atom. The molecule has 2 nitrogen and oxygen atoms in total. The first-order chi connectivity index (χ1) is 15.6. The van der Waals surface area contributed by atoms with Crippen molar-refractivity contribution >= 4 is 0 Å². The maximum atomic E-state index is 5.97. The summed E-state index contributed by atoms with van der Waals surface area (Å²) in [6.07, 6.45) is 26.2. The molecule has 0 aliphatic carbocycles. The van der Waals surface area contributed by atoms with Crippen molar-refractivity contribution in [3.05, 3.63) is 0 Å². The second-order valence-corrected chi connectivity index (χ2v) is 10.7. The second kappa shape index (κ2) is 25.5. The van der Waals surface area contributed by atoms with Gasteiger partial charge in [-0.2, -0.15) is 0 Å². The summed E-state index contributed by atoms with van der Waals surface area (Å²) in [4.78, 5) is 2.55. The molecule has 0 spiro atoms. The molecule has 0 saturated carbocycles. The highest BCUT2D eigenvalue weighted by atomic mass is 16.5. The fraction of sp³-hybridized carbons (Fsp3) is 1.00. The van der Waals surface area contributed by atoms with E-state index in [9.17, 15) is 0 Å². The van der Waals surface area contributed by atoms with Crippen LogP contribution in [-0.2, 0) is 4.74 Å². The molecule has 0 amide bonds. The van der Waals surface area contributed by atoms with Gasteiger partial charge in [0.25, 0.3) is 0 Å². The SMILES string of the molecule is CCCCCCC(C)CN(C)CCCCCOCCCC(CCCCC)CCCCCC. The summed E-state index contributed by atoms with van der Waals surface area (Å²) in [5, 5.41) is 0. The minimum atomic E-state index is 0.845. The lowest BCUT2D eigenvalue weighted by Gasteiger charge is -2.21. The first-order valence-electron chi connectivity index (χ1n) is 14.9. The van der Waals surface area contributed by atoms with E-state index in [1.807, 2.05) is 0 Å². The molecule has 0 bridgehead atoms. The van der Waals surface area contributed by atoms with E-state index in [4.69, 9.17) is 4.74 Å². The smallest absolute Gasteiger partial charge is 0.0466 e. The van der Waals surface area contributed by atoms with Crippen LogP contribution in [0.4, 0.5) is 0 Å². The van der Waals surface area contributed by atoms with Crippen molar-refractivity contribution in [1.82, 2.24) is 4.90 Å². The van der Waals surface area contributed by atoms with E-state index in [0.717, 1.165) is 25.0 Å². The molecule has 0 N–H and O–H groups in total. The zero-order valence-corrected chi connectivity index (χ0v) is 23.3. The van der Waals surface area contributed by atoms with Crippen LogP contribution in [0, 0.1) is 11.8 Å². The van der Waals surface area contributed by atoms with E-state index < -0.39 is 0 Å². The van der Waals surface area contributed by atoms with Crippen molar-refractivity contribution in [2.75, 3.05) is 33.4 Å². The Labute approximate surface area is 204 Å². The summed E-state index contributed by atoms with van der Waals surface area (Å²) in [5.74, 6) is 1.80. The summed E-state index contributed by atoms with van der Waals surface area (Å²) in [7, 11) is 2.30. The normalized spacial score (nSPS) is 13.7. The molecule has 0 aliphatic rings. The first kappa shape index (κ1) is 31.9. The molecule has 0 aromatic heterocycles. The molecule has 0 fully saturated rings. The van der Waals surface area contributed by atoms with E-state index in [2.05, 4.69) is 39.6 Å². The zero-order valence-electron chi connectivity index (χ0n) is 23.3. The molecule has 0 heterocycles. The highest BCUT2D eigenvalue weighted by Crippen LogP contribution is 2.22. The minimum Gasteiger partial charge on any atom is -0.381 e. The van der Waals surface area contributed by atoms with Crippen molar-refractivity contribution < 1.29 is 4.74 Å². The number of rotatable bonds is 26. The largest absolute Gasteiger partial charge is 0.381 e. The van der Waals surface area contributed by atoms with Gasteiger partial charge in [0.05, 0.1) is 0 Å². The fourth-order valence-corrected chi connectivity index (χ4v) is 4.95. The van der Waals surface area contributed by atoms with Crippen LogP contribution in [0.15, 0.2) is 0 Å². The first-order valence-corrected chi connectivity index (χ1v) is 14.9. The van der Waals surface area contributed by atoms with Crippen molar-refractivity contribution in [2.45, 2.75) is 150 Å². The van der Waals surface area contributed by atoms with Crippen LogP contribution in [-0.4, -0.2) is 38.3 Å². The average Bonchev–Trinajstić information content (AvgIpc) is 2.78. The van der Waals surface area contributed by atoms with Crippen LogP contribution in [0.5, 0.6) is 0 Å². The Balaban J connectivity index is 3.62. The van der Waals surface area contributed by atoms with Gasteiger partial charge in [-0.1, -0.05) is 111 Å². The number of hydrogen-bond acceptors (Lipinski definition) is 2. The molecule has 0 saturated heterocycles. The topological polar surface area (TPSA) is 12.5 Å². The molecule has 0 radical (unpaired) electrons. The zero-order chi connectivity index (χ0) is 23.7. The monoisotopic (exact) mass is 453 g/mol. The third-order valence-electron chi connectivity index (χ3n) is 7.09. The summed E-state index contributed by atoms with van der Waals surface area (Å²) in [6.45, 7) is 13.8. The molecule has 2 unspecified atom stereocenters. The van der Waals surface area contributed by atoms with E-state index in [1.165, 1.54) is 135 Å². The third kappa shape index (κ3) is 23.1. The molecule has 0 aliphatic heterocycles. The van der Waals surface area contributed by atoms with Crippen LogP contribution in [0.2, 0.25) is 0 Å². The Morgan fingerprint density at radius 3 is 1.72 bits per heavy atom. The predicted octanol–water partition coefficient (Wildman–Crippen LogP) is 9.66.